The average molecular weight is 550 g/mol. The summed E-state index contributed by atoms with van der Waals surface area (Å²) < 4.78 is 16.3. The molecular formula is C30H35N3O7. The van der Waals surface area contributed by atoms with Crippen molar-refractivity contribution in [2.24, 2.45) is 0 Å². The fraction of sp³-hybridized carbons (Fsp3) is 0.433. The Morgan fingerprint density at radius 1 is 1.00 bits per heavy atom. The topological polar surface area (TPSA) is 115 Å². The molecule has 0 aliphatic carbocycles. The molecule has 2 aromatic carbocycles. The van der Waals surface area contributed by atoms with Crippen LogP contribution in [0.3, 0.4) is 0 Å². The molecule has 3 amide bonds. The van der Waals surface area contributed by atoms with Gasteiger partial charge in [0.25, 0.3) is 17.7 Å². The number of nitrogens with zero attached hydrogens (tertiary/aromatic N) is 1. The number of amides is 3. The lowest BCUT2D eigenvalue weighted by Crippen LogP contribution is -2.65. The van der Waals surface area contributed by atoms with Gasteiger partial charge >= 0.3 is 0 Å². The Bertz CT molecular complexity index is 1240. The largest absolute Gasteiger partial charge is 0.376 e. The van der Waals surface area contributed by atoms with E-state index in [-0.39, 0.29) is 6.10 Å². The van der Waals surface area contributed by atoms with E-state index in [1.165, 1.54) is 21.0 Å². The van der Waals surface area contributed by atoms with Crippen LogP contribution in [0, 0.1) is 11.8 Å². The van der Waals surface area contributed by atoms with Crippen LogP contribution < -0.4 is 10.8 Å². The Kier molecular flexibility index (Phi) is 9.90. The van der Waals surface area contributed by atoms with Crippen LogP contribution in [0.5, 0.6) is 0 Å². The molecule has 2 unspecified atom stereocenters. The van der Waals surface area contributed by atoms with Gasteiger partial charge in [-0.1, -0.05) is 24.0 Å². The van der Waals surface area contributed by atoms with Crippen molar-refractivity contribution in [3.05, 3.63) is 70.8 Å². The average Bonchev–Trinajstić information content (AvgIpc) is 2.97. The van der Waals surface area contributed by atoms with Crippen LogP contribution in [0.1, 0.15) is 53.2 Å². The number of hydrogen-bond donors (Lipinski definition) is 2. The molecule has 2 heterocycles. The number of hydroxylamine groups is 1. The van der Waals surface area contributed by atoms with E-state index in [1.54, 1.807) is 24.3 Å². The third kappa shape index (κ3) is 7.06. The maximum absolute atomic E-state index is 13.3. The first-order valence-electron chi connectivity index (χ1n) is 13.3. The Balaban J connectivity index is 1.38. The Hall–Kier alpha value is -3.75. The third-order valence-corrected chi connectivity index (χ3v) is 7.04. The van der Waals surface area contributed by atoms with E-state index in [4.69, 9.17) is 19.0 Å². The summed E-state index contributed by atoms with van der Waals surface area (Å²) in [6.07, 6.45) is 2.04. The minimum Gasteiger partial charge on any atom is -0.376 e. The molecule has 10 heteroatoms. The summed E-state index contributed by atoms with van der Waals surface area (Å²) in [5.41, 5.74) is 3.36. The lowest BCUT2D eigenvalue weighted by atomic mass is 9.96. The fourth-order valence-corrected chi connectivity index (χ4v) is 4.12. The Labute approximate surface area is 234 Å². The molecule has 4 rings (SSSR count). The second-order valence-corrected chi connectivity index (χ2v) is 9.86. The first-order valence-corrected chi connectivity index (χ1v) is 13.3. The minimum absolute atomic E-state index is 0.180. The Morgan fingerprint density at radius 3 is 2.20 bits per heavy atom. The molecule has 0 aromatic heterocycles. The number of nitrogens with one attached hydrogen (secondary N) is 2. The van der Waals surface area contributed by atoms with Crippen LogP contribution in [0.4, 0.5) is 0 Å². The quantitative estimate of drug-likeness (QED) is 0.280. The molecule has 2 atom stereocenters. The summed E-state index contributed by atoms with van der Waals surface area (Å²) in [7, 11) is 2.80. The van der Waals surface area contributed by atoms with Crippen LogP contribution in [0.25, 0.3) is 0 Å². The predicted molar refractivity (Wildman–Crippen MR) is 146 cm³/mol. The smallest absolute Gasteiger partial charge is 0.279 e. The molecule has 2 aliphatic heterocycles. The summed E-state index contributed by atoms with van der Waals surface area (Å²) >= 11 is 0. The highest BCUT2D eigenvalue weighted by atomic mass is 16.8. The molecule has 0 bridgehead atoms. The molecule has 10 nitrogen and oxygen atoms in total. The van der Waals surface area contributed by atoms with Gasteiger partial charge in [-0.25, -0.2) is 10.3 Å². The highest BCUT2D eigenvalue weighted by Gasteiger charge is 2.47. The summed E-state index contributed by atoms with van der Waals surface area (Å²) in [4.78, 5) is 45.7. The summed E-state index contributed by atoms with van der Waals surface area (Å²) in [6, 6.07) is 14.5. The number of hydrogen-bond acceptors (Lipinski definition) is 7. The van der Waals surface area contributed by atoms with Crippen molar-refractivity contribution in [1.82, 2.24) is 15.7 Å². The van der Waals surface area contributed by atoms with Crippen molar-refractivity contribution in [2.75, 3.05) is 33.9 Å². The lowest BCUT2D eigenvalue weighted by Gasteiger charge is -2.36. The van der Waals surface area contributed by atoms with Gasteiger partial charge < -0.3 is 24.4 Å². The predicted octanol–water partition coefficient (Wildman–Crippen LogP) is 2.15. The normalized spacial score (nSPS) is 18.3. The molecule has 2 saturated heterocycles. The van der Waals surface area contributed by atoms with Gasteiger partial charge in [0.05, 0.1) is 19.8 Å². The van der Waals surface area contributed by atoms with E-state index in [1.807, 2.05) is 24.3 Å². The maximum atomic E-state index is 13.3. The number of carbonyl (C=O) groups excluding carboxylic acids is 3. The SMILES string of the molecule is CNC(=O)C(C)(C(=O)NOC1CCCCO1)N(C)C(=O)c1ccc(C#Cc2ccc(COC3COC3)cc2)cc1. The molecular weight excluding hydrogens is 514 g/mol. The number of rotatable bonds is 9. The van der Waals surface area contributed by atoms with Crippen molar-refractivity contribution in [3.8, 4) is 11.8 Å². The first kappa shape index (κ1) is 29.2. The molecule has 0 radical (unpaired) electrons. The lowest BCUT2D eigenvalue weighted by molar-refractivity contribution is -0.204. The van der Waals surface area contributed by atoms with Crippen LogP contribution >= 0.6 is 0 Å². The fourth-order valence-electron chi connectivity index (χ4n) is 4.12. The summed E-state index contributed by atoms with van der Waals surface area (Å²) in [5.74, 6) is 4.24. The molecule has 2 N–H and O–H groups in total. The van der Waals surface area contributed by atoms with Gasteiger partial charge in [-0.05, 0) is 61.7 Å². The molecule has 2 aliphatic rings. The van der Waals surface area contributed by atoms with Crippen LogP contribution in [-0.4, -0.2) is 74.5 Å². The zero-order chi connectivity index (χ0) is 28.5. The summed E-state index contributed by atoms with van der Waals surface area (Å²) in [5, 5.41) is 2.46. The highest BCUT2D eigenvalue weighted by molar-refractivity contribution is 6.12. The third-order valence-electron chi connectivity index (χ3n) is 7.04. The highest BCUT2D eigenvalue weighted by Crippen LogP contribution is 2.20. The number of likely N-dealkylation sites (N-methyl/N-ethyl adjacent to an activating group) is 2. The van der Waals surface area contributed by atoms with Crippen LogP contribution in [-0.2, 0) is 35.2 Å². The van der Waals surface area contributed by atoms with Crippen molar-refractivity contribution < 1.29 is 33.4 Å². The van der Waals surface area contributed by atoms with E-state index >= 15 is 0 Å². The van der Waals surface area contributed by atoms with Crippen LogP contribution in [0.2, 0.25) is 0 Å². The van der Waals surface area contributed by atoms with E-state index < -0.39 is 29.6 Å². The van der Waals surface area contributed by atoms with Crippen molar-refractivity contribution in [3.63, 3.8) is 0 Å². The van der Waals surface area contributed by atoms with Gasteiger partial charge in [-0.15, -0.1) is 0 Å². The molecule has 2 aromatic rings. The van der Waals surface area contributed by atoms with E-state index in [0.29, 0.717) is 44.0 Å². The second-order valence-electron chi connectivity index (χ2n) is 9.86. The monoisotopic (exact) mass is 549 g/mol. The van der Waals surface area contributed by atoms with Gasteiger partial charge in [0.15, 0.2) is 11.8 Å². The molecule has 0 saturated carbocycles. The van der Waals surface area contributed by atoms with Gasteiger partial charge in [-0.3, -0.25) is 14.4 Å². The van der Waals surface area contributed by atoms with E-state index in [2.05, 4.69) is 22.6 Å². The molecule has 0 spiro atoms. The number of carbonyl (C=O) groups is 3. The molecule has 2 fully saturated rings. The van der Waals surface area contributed by atoms with Gasteiger partial charge in [0, 0.05) is 43.8 Å². The van der Waals surface area contributed by atoms with Crippen molar-refractivity contribution >= 4 is 17.7 Å². The maximum Gasteiger partial charge on any atom is 0.279 e. The van der Waals surface area contributed by atoms with Crippen molar-refractivity contribution in [2.45, 2.75) is 50.7 Å². The van der Waals surface area contributed by atoms with Crippen LogP contribution in [0.15, 0.2) is 48.5 Å². The molecule has 40 heavy (non-hydrogen) atoms. The zero-order valence-corrected chi connectivity index (χ0v) is 23.0. The number of benzene rings is 2. The minimum atomic E-state index is -1.87. The van der Waals surface area contributed by atoms with Gasteiger partial charge in [-0.2, -0.15) is 0 Å². The number of ether oxygens (including phenoxy) is 3. The van der Waals surface area contributed by atoms with Crippen molar-refractivity contribution in [1.29, 1.82) is 0 Å². The van der Waals surface area contributed by atoms with E-state index in [0.717, 1.165) is 28.9 Å². The first-order chi connectivity index (χ1) is 19.3. The van der Waals surface area contributed by atoms with Gasteiger partial charge in [0.1, 0.15) is 6.10 Å². The van der Waals surface area contributed by atoms with E-state index in [9.17, 15) is 14.4 Å². The second kappa shape index (κ2) is 13.5. The van der Waals surface area contributed by atoms with Gasteiger partial charge in [0.2, 0.25) is 0 Å². The molecule has 212 valence electrons. The Morgan fingerprint density at radius 2 is 1.65 bits per heavy atom. The standard InChI is InChI=1S/C30H35N3O7/c1-30(28(35)31-2,29(36)32-40-26-6-4-5-17-38-26)33(3)27(34)24-15-13-22(14-16-24)8-7-21-9-11-23(12-10-21)18-39-25-19-37-20-25/h9-16,25-26H,4-6,17-20H2,1-3H3,(H,31,35)(H,32,36). The summed E-state index contributed by atoms with van der Waals surface area (Å²) in [6.45, 7) is 3.73. The zero-order valence-electron chi connectivity index (χ0n) is 23.0.